The van der Waals surface area contributed by atoms with E-state index in [4.69, 9.17) is 10.1 Å². The molecule has 0 unspecified atom stereocenters. The molecule has 0 saturated carbocycles. The second-order valence-corrected chi connectivity index (χ2v) is 6.29. The van der Waals surface area contributed by atoms with Crippen molar-refractivity contribution in [1.29, 1.82) is 0 Å². The Bertz CT molecular complexity index is 892. The minimum atomic E-state index is -0.896. The molecular formula is C20H22N2O2. The van der Waals surface area contributed by atoms with Gasteiger partial charge in [-0.05, 0) is 61.2 Å². The second-order valence-electron chi connectivity index (χ2n) is 6.29. The summed E-state index contributed by atoms with van der Waals surface area (Å²) in [7, 11) is 0. The average Bonchev–Trinajstić information content (AvgIpc) is 2.86. The zero-order valence-corrected chi connectivity index (χ0v) is 14.3. The lowest BCUT2D eigenvalue weighted by atomic mass is 10.1. The minimum Gasteiger partial charge on any atom is -0.478 e. The Morgan fingerprint density at radius 1 is 1.12 bits per heavy atom. The van der Waals surface area contributed by atoms with Crippen LogP contribution in [0, 0.1) is 13.8 Å². The van der Waals surface area contributed by atoms with E-state index in [2.05, 4.69) is 37.5 Å². The van der Waals surface area contributed by atoms with Crippen LogP contribution in [-0.2, 0) is 13.0 Å². The quantitative estimate of drug-likeness (QED) is 0.759. The van der Waals surface area contributed by atoms with Gasteiger partial charge < -0.3 is 9.67 Å². The summed E-state index contributed by atoms with van der Waals surface area (Å²) in [4.78, 5) is 15.8. The fourth-order valence-electron chi connectivity index (χ4n) is 2.96. The summed E-state index contributed by atoms with van der Waals surface area (Å²) in [5.41, 5.74) is 6.07. The zero-order valence-electron chi connectivity index (χ0n) is 14.3. The van der Waals surface area contributed by atoms with E-state index in [0.717, 1.165) is 35.3 Å². The lowest BCUT2D eigenvalue weighted by Crippen LogP contribution is -2.06. The summed E-state index contributed by atoms with van der Waals surface area (Å²) >= 11 is 0. The molecule has 3 rings (SSSR count). The first-order chi connectivity index (χ1) is 11.5. The Kier molecular flexibility index (Phi) is 4.38. The first-order valence-corrected chi connectivity index (χ1v) is 8.28. The number of imidazole rings is 1. The topological polar surface area (TPSA) is 55.1 Å². The summed E-state index contributed by atoms with van der Waals surface area (Å²) < 4.78 is 2.25. The number of benzene rings is 2. The molecule has 0 aliphatic carbocycles. The molecule has 0 fully saturated rings. The van der Waals surface area contributed by atoms with Crippen molar-refractivity contribution >= 4 is 17.0 Å². The molecule has 0 amide bonds. The van der Waals surface area contributed by atoms with Crippen molar-refractivity contribution in [2.45, 2.75) is 40.2 Å². The molecule has 0 bridgehead atoms. The van der Waals surface area contributed by atoms with Crippen LogP contribution in [0.2, 0.25) is 0 Å². The fraction of sp³-hybridized carbons (Fsp3) is 0.300. The zero-order chi connectivity index (χ0) is 17.3. The normalized spacial score (nSPS) is 11.1. The number of aromatic nitrogens is 2. The van der Waals surface area contributed by atoms with Gasteiger partial charge in [-0.1, -0.05) is 19.1 Å². The first-order valence-electron chi connectivity index (χ1n) is 8.28. The molecule has 4 nitrogen and oxygen atoms in total. The van der Waals surface area contributed by atoms with Crippen LogP contribution in [0.5, 0.6) is 0 Å². The number of carboxylic acids is 1. The van der Waals surface area contributed by atoms with Crippen LogP contribution in [0.4, 0.5) is 0 Å². The maximum absolute atomic E-state index is 11.0. The number of aryl methyl sites for hydroxylation is 3. The van der Waals surface area contributed by atoms with Crippen LogP contribution in [0.25, 0.3) is 11.0 Å². The molecule has 24 heavy (non-hydrogen) atoms. The van der Waals surface area contributed by atoms with Gasteiger partial charge in [-0.3, -0.25) is 0 Å². The van der Waals surface area contributed by atoms with E-state index < -0.39 is 5.97 Å². The summed E-state index contributed by atoms with van der Waals surface area (Å²) in [5, 5.41) is 9.03. The van der Waals surface area contributed by atoms with Gasteiger partial charge in [0.05, 0.1) is 16.6 Å². The van der Waals surface area contributed by atoms with E-state index in [0.29, 0.717) is 12.1 Å². The number of fused-ring (bicyclic) bond motifs is 1. The first kappa shape index (κ1) is 16.2. The molecule has 1 N–H and O–H groups in total. The second kappa shape index (κ2) is 6.48. The van der Waals surface area contributed by atoms with Gasteiger partial charge in [-0.25, -0.2) is 9.78 Å². The van der Waals surface area contributed by atoms with E-state index >= 15 is 0 Å². The molecule has 0 radical (unpaired) electrons. The van der Waals surface area contributed by atoms with Crippen LogP contribution < -0.4 is 0 Å². The van der Waals surface area contributed by atoms with Crippen molar-refractivity contribution in [3.05, 3.63) is 64.5 Å². The number of carbonyl (C=O) groups is 1. The monoisotopic (exact) mass is 322 g/mol. The van der Waals surface area contributed by atoms with Crippen molar-refractivity contribution in [2.24, 2.45) is 0 Å². The molecule has 0 aliphatic heterocycles. The molecule has 1 aromatic heterocycles. The van der Waals surface area contributed by atoms with Crippen LogP contribution in [-0.4, -0.2) is 20.6 Å². The van der Waals surface area contributed by atoms with Crippen molar-refractivity contribution in [3.8, 4) is 0 Å². The van der Waals surface area contributed by atoms with Gasteiger partial charge >= 0.3 is 5.97 Å². The van der Waals surface area contributed by atoms with Crippen LogP contribution >= 0.6 is 0 Å². The lowest BCUT2D eigenvalue weighted by molar-refractivity contribution is 0.0697. The van der Waals surface area contributed by atoms with E-state index in [9.17, 15) is 4.79 Å². The molecule has 0 aliphatic rings. The number of hydrogen-bond donors (Lipinski definition) is 1. The number of aromatic carboxylic acids is 1. The van der Waals surface area contributed by atoms with Gasteiger partial charge in [-0.15, -0.1) is 0 Å². The van der Waals surface area contributed by atoms with Crippen molar-refractivity contribution < 1.29 is 9.90 Å². The van der Waals surface area contributed by atoms with Crippen molar-refractivity contribution in [2.75, 3.05) is 0 Å². The molecule has 3 aromatic rings. The molecule has 0 saturated heterocycles. The van der Waals surface area contributed by atoms with E-state index in [1.807, 2.05) is 12.1 Å². The Morgan fingerprint density at radius 3 is 2.42 bits per heavy atom. The summed E-state index contributed by atoms with van der Waals surface area (Å²) in [6.07, 6.45) is 1.97. The van der Waals surface area contributed by atoms with Gasteiger partial charge in [0.25, 0.3) is 0 Å². The highest BCUT2D eigenvalue weighted by atomic mass is 16.4. The maximum Gasteiger partial charge on any atom is 0.335 e. The van der Waals surface area contributed by atoms with Gasteiger partial charge in [0.15, 0.2) is 0 Å². The van der Waals surface area contributed by atoms with Crippen molar-refractivity contribution in [1.82, 2.24) is 9.55 Å². The molecule has 0 atom stereocenters. The Hall–Kier alpha value is -2.62. The van der Waals surface area contributed by atoms with Crippen molar-refractivity contribution in [3.63, 3.8) is 0 Å². The molecule has 1 heterocycles. The lowest BCUT2D eigenvalue weighted by Gasteiger charge is -2.10. The SMILES string of the molecule is CCCc1nc2cc(C)c(C)cc2n1Cc1ccc(C(=O)O)cc1. The number of rotatable bonds is 5. The number of nitrogens with zero attached hydrogens (tertiary/aromatic N) is 2. The standard InChI is InChI=1S/C20H22N2O2/c1-4-5-19-21-17-10-13(2)14(3)11-18(17)22(19)12-15-6-8-16(9-7-15)20(23)24/h6-11H,4-5,12H2,1-3H3,(H,23,24). The molecule has 2 aromatic carbocycles. The van der Waals surface area contributed by atoms with E-state index in [1.54, 1.807) is 12.1 Å². The Labute approximate surface area is 141 Å². The maximum atomic E-state index is 11.0. The third-order valence-corrected chi connectivity index (χ3v) is 4.46. The molecular weight excluding hydrogens is 300 g/mol. The third kappa shape index (κ3) is 3.04. The largest absolute Gasteiger partial charge is 0.478 e. The predicted octanol–water partition coefficient (Wildman–Crippen LogP) is 4.35. The number of carboxylic acid groups (broad SMARTS) is 1. The fourth-order valence-corrected chi connectivity index (χ4v) is 2.96. The average molecular weight is 322 g/mol. The van der Waals surface area contributed by atoms with Gasteiger partial charge in [0.2, 0.25) is 0 Å². The van der Waals surface area contributed by atoms with Gasteiger partial charge in [-0.2, -0.15) is 0 Å². The minimum absolute atomic E-state index is 0.314. The van der Waals surface area contributed by atoms with Gasteiger partial charge in [0, 0.05) is 13.0 Å². The highest BCUT2D eigenvalue weighted by Crippen LogP contribution is 2.23. The van der Waals surface area contributed by atoms with E-state index in [-0.39, 0.29) is 0 Å². The smallest absolute Gasteiger partial charge is 0.335 e. The third-order valence-electron chi connectivity index (χ3n) is 4.46. The van der Waals surface area contributed by atoms with Crippen LogP contribution in [0.3, 0.4) is 0 Å². The summed E-state index contributed by atoms with van der Waals surface area (Å²) in [6, 6.07) is 11.4. The number of hydrogen-bond acceptors (Lipinski definition) is 2. The Balaban J connectivity index is 2.04. The Morgan fingerprint density at radius 2 is 1.79 bits per heavy atom. The molecule has 0 spiro atoms. The predicted molar refractivity (Wildman–Crippen MR) is 95.7 cm³/mol. The summed E-state index contributed by atoms with van der Waals surface area (Å²) in [6.45, 7) is 7.08. The van der Waals surface area contributed by atoms with E-state index in [1.165, 1.54) is 11.1 Å². The molecule has 4 heteroatoms. The highest BCUT2D eigenvalue weighted by molar-refractivity contribution is 5.87. The van der Waals surface area contributed by atoms with Crippen LogP contribution in [0.15, 0.2) is 36.4 Å². The molecule has 124 valence electrons. The van der Waals surface area contributed by atoms with Crippen LogP contribution in [0.1, 0.15) is 46.2 Å². The highest BCUT2D eigenvalue weighted by Gasteiger charge is 2.12. The summed E-state index contributed by atoms with van der Waals surface area (Å²) in [5.74, 6) is 0.187. The van der Waals surface area contributed by atoms with Gasteiger partial charge in [0.1, 0.15) is 5.82 Å².